The van der Waals surface area contributed by atoms with E-state index < -0.39 is 0 Å². The molecule has 3 aromatic rings. The second kappa shape index (κ2) is 6.24. The van der Waals surface area contributed by atoms with E-state index in [4.69, 9.17) is 11.6 Å². The first kappa shape index (κ1) is 16.5. The Hall–Kier alpha value is -2.40. The second-order valence-corrected chi connectivity index (χ2v) is 6.86. The normalized spacial score (nSPS) is 11.7. The zero-order valence-electron chi connectivity index (χ0n) is 13.9. The molecule has 1 amide bonds. The number of fused-ring (bicyclic) bond motifs is 1. The van der Waals surface area contributed by atoms with Gasteiger partial charge in [0.05, 0.1) is 5.69 Å². The Morgan fingerprint density at radius 1 is 1.29 bits per heavy atom. The van der Waals surface area contributed by atoms with Crippen LogP contribution in [-0.2, 0) is 5.41 Å². The van der Waals surface area contributed by atoms with Crippen LogP contribution in [0.25, 0.3) is 5.65 Å². The van der Waals surface area contributed by atoms with Gasteiger partial charge >= 0.3 is 0 Å². The van der Waals surface area contributed by atoms with E-state index in [1.165, 1.54) is 0 Å². The molecule has 5 nitrogen and oxygen atoms in total. The highest BCUT2D eigenvalue weighted by atomic mass is 35.5. The number of rotatable bonds is 4. The van der Waals surface area contributed by atoms with Crippen molar-refractivity contribution >= 4 is 23.2 Å². The van der Waals surface area contributed by atoms with Gasteiger partial charge in [-0.3, -0.25) is 4.79 Å². The molecule has 0 atom stereocenters. The molecule has 6 heteroatoms. The van der Waals surface area contributed by atoms with Crippen LogP contribution in [0.4, 0.5) is 0 Å². The van der Waals surface area contributed by atoms with E-state index in [0.717, 1.165) is 5.56 Å². The summed E-state index contributed by atoms with van der Waals surface area (Å²) in [5, 5.41) is 8.03. The van der Waals surface area contributed by atoms with Crippen LogP contribution < -0.4 is 5.32 Å². The van der Waals surface area contributed by atoms with Crippen LogP contribution in [0.5, 0.6) is 0 Å². The van der Waals surface area contributed by atoms with Gasteiger partial charge in [-0.25, -0.2) is 9.50 Å². The standard InChI is InChI=1S/C18H19ClN4O/c1-12-15(16-20-9-4-10-23(16)22-12)17(24)21-11-18(2,3)13-5-7-14(19)8-6-13/h4-10H,11H2,1-3H3,(H,21,24). The first-order chi connectivity index (χ1) is 11.4. The fourth-order valence-corrected chi connectivity index (χ4v) is 2.78. The molecule has 0 bridgehead atoms. The highest BCUT2D eigenvalue weighted by Crippen LogP contribution is 2.24. The highest BCUT2D eigenvalue weighted by molar-refractivity contribution is 6.30. The van der Waals surface area contributed by atoms with Crippen molar-refractivity contribution in [1.29, 1.82) is 0 Å². The van der Waals surface area contributed by atoms with E-state index >= 15 is 0 Å². The van der Waals surface area contributed by atoms with E-state index in [2.05, 4.69) is 29.2 Å². The lowest BCUT2D eigenvalue weighted by Gasteiger charge is -2.25. The quantitative estimate of drug-likeness (QED) is 0.790. The first-order valence-electron chi connectivity index (χ1n) is 7.73. The Kier molecular flexibility index (Phi) is 4.28. The van der Waals surface area contributed by atoms with Crippen LogP contribution in [0.1, 0.15) is 35.5 Å². The first-order valence-corrected chi connectivity index (χ1v) is 8.10. The average molecular weight is 343 g/mol. The molecule has 0 spiro atoms. The third kappa shape index (κ3) is 3.12. The molecule has 0 fully saturated rings. The molecule has 0 radical (unpaired) electrons. The van der Waals surface area contributed by atoms with Gasteiger partial charge in [0.2, 0.25) is 0 Å². The number of aromatic nitrogens is 3. The van der Waals surface area contributed by atoms with Crippen molar-refractivity contribution in [1.82, 2.24) is 19.9 Å². The molecule has 2 aromatic heterocycles. The smallest absolute Gasteiger partial charge is 0.257 e. The Bertz CT molecular complexity index is 884. The number of carbonyl (C=O) groups is 1. The molecule has 3 rings (SSSR count). The monoisotopic (exact) mass is 342 g/mol. The van der Waals surface area contributed by atoms with Gasteiger partial charge in [-0.1, -0.05) is 37.6 Å². The van der Waals surface area contributed by atoms with Gasteiger partial charge in [0.15, 0.2) is 5.65 Å². The molecule has 24 heavy (non-hydrogen) atoms. The molecule has 0 aliphatic carbocycles. The fourth-order valence-electron chi connectivity index (χ4n) is 2.66. The van der Waals surface area contributed by atoms with Crippen molar-refractivity contribution < 1.29 is 4.79 Å². The summed E-state index contributed by atoms with van der Waals surface area (Å²) in [6.45, 7) is 6.47. The summed E-state index contributed by atoms with van der Waals surface area (Å²) in [6.07, 6.45) is 3.44. The lowest BCUT2D eigenvalue weighted by atomic mass is 9.84. The summed E-state index contributed by atoms with van der Waals surface area (Å²) in [5.41, 5.74) is 2.64. The second-order valence-electron chi connectivity index (χ2n) is 6.42. The Morgan fingerprint density at radius 3 is 2.71 bits per heavy atom. The lowest BCUT2D eigenvalue weighted by Crippen LogP contribution is -2.36. The van der Waals surface area contributed by atoms with Crippen molar-refractivity contribution in [2.75, 3.05) is 6.54 Å². The predicted octanol–water partition coefficient (Wildman–Crippen LogP) is 3.40. The van der Waals surface area contributed by atoms with Crippen LogP contribution in [-0.4, -0.2) is 27.0 Å². The van der Waals surface area contributed by atoms with Crippen molar-refractivity contribution in [2.45, 2.75) is 26.2 Å². The third-order valence-electron chi connectivity index (χ3n) is 4.11. The molecule has 0 unspecified atom stereocenters. The molecule has 0 saturated carbocycles. The van der Waals surface area contributed by atoms with Gasteiger partial charge in [-0.05, 0) is 30.7 Å². The summed E-state index contributed by atoms with van der Waals surface area (Å²) in [7, 11) is 0. The number of benzene rings is 1. The van der Waals surface area contributed by atoms with E-state index in [-0.39, 0.29) is 11.3 Å². The van der Waals surface area contributed by atoms with Crippen LogP contribution in [0.15, 0.2) is 42.7 Å². The van der Waals surface area contributed by atoms with Crippen molar-refractivity contribution in [2.24, 2.45) is 0 Å². The number of hydrogen-bond acceptors (Lipinski definition) is 3. The molecular formula is C18H19ClN4O. The predicted molar refractivity (Wildman–Crippen MR) is 94.5 cm³/mol. The summed E-state index contributed by atoms with van der Waals surface area (Å²) in [6, 6.07) is 9.47. The minimum atomic E-state index is -0.218. The third-order valence-corrected chi connectivity index (χ3v) is 4.37. The topological polar surface area (TPSA) is 59.3 Å². The van der Waals surface area contributed by atoms with Crippen molar-refractivity contribution in [3.8, 4) is 0 Å². The number of hydrogen-bond donors (Lipinski definition) is 1. The van der Waals surface area contributed by atoms with Gasteiger partial charge in [-0.2, -0.15) is 5.10 Å². The molecular weight excluding hydrogens is 324 g/mol. The lowest BCUT2D eigenvalue weighted by molar-refractivity contribution is 0.0946. The number of nitrogens with one attached hydrogen (secondary N) is 1. The summed E-state index contributed by atoms with van der Waals surface area (Å²) < 4.78 is 1.62. The molecule has 0 aliphatic rings. The van der Waals surface area contributed by atoms with Crippen molar-refractivity contribution in [3.05, 3.63) is 64.6 Å². The van der Waals surface area contributed by atoms with Crippen LogP contribution in [0.3, 0.4) is 0 Å². The largest absolute Gasteiger partial charge is 0.351 e. The SMILES string of the molecule is Cc1nn2cccnc2c1C(=O)NCC(C)(C)c1ccc(Cl)cc1. The van der Waals surface area contributed by atoms with Gasteiger partial charge in [0, 0.05) is 29.4 Å². The summed E-state index contributed by atoms with van der Waals surface area (Å²) >= 11 is 5.94. The van der Waals surface area contributed by atoms with Crippen LogP contribution >= 0.6 is 11.6 Å². The van der Waals surface area contributed by atoms with E-state index in [1.54, 1.807) is 23.0 Å². The zero-order valence-corrected chi connectivity index (χ0v) is 14.6. The molecule has 1 aromatic carbocycles. The van der Waals surface area contributed by atoms with Gasteiger partial charge in [-0.15, -0.1) is 0 Å². The Morgan fingerprint density at radius 2 is 2.00 bits per heavy atom. The molecule has 2 heterocycles. The maximum atomic E-state index is 12.6. The zero-order chi connectivity index (χ0) is 17.3. The highest BCUT2D eigenvalue weighted by Gasteiger charge is 2.24. The van der Waals surface area contributed by atoms with E-state index in [1.807, 2.05) is 31.2 Å². The van der Waals surface area contributed by atoms with Gasteiger partial charge in [0.1, 0.15) is 5.56 Å². The molecule has 1 N–H and O–H groups in total. The van der Waals surface area contributed by atoms with Crippen LogP contribution in [0.2, 0.25) is 5.02 Å². The minimum Gasteiger partial charge on any atom is -0.351 e. The maximum Gasteiger partial charge on any atom is 0.257 e. The van der Waals surface area contributed by atoms with Crippen LogP contribution in [0, 0.1) is 6.92 Å². The number of amides is 1. The number of halogens is 1. The number of aryl methyl sites for hydroxylation is 1. The Balaban J connectivity index is 1.79. The average Bonchev–Trinajstić information content (AvgIpc) is 2.89. The summed E-state index contributed by atoms with van der Waals surface area (Å²) in [4.78, 5) is 16.9. The number of nitrogens with zero attached hydrogens (tertiary/aromatic N) is 3. The van der Waals surface area contributed by atoms with Crippen molar-refractivity contribution in [3.63, 3.8) is 0 Å². The maximum absolute atomic E-state index is 12.6. The van der Waals surface area contributed by atoms with E-state index in [0.29, 0.717) is 28.5 Å². The molecule has 0 aliphatic heterocycles. The fraction of sp³-hybridized carbons (Fsp3) is 0.278. The van der Waals surface area contributed by atoms with E-state index in [9.17, 15) is 4.79 Å². The number of carbonyl (C=O) groups excluding carboxylic acids is 1. The minimum absolute atomic E-state index is 0.164. The van der Waals surface area contributed by atoms with Gasteiger partial charge < -0.3 is 5.32 Å². The molecule has 0 saturated heterocycles. The molecule has 124 valence electrons. The van der Waals surface area contributed by atoms with Gasteiger partial charge in [0.25, 0.3) is 5.91 Å². The Labute approximate surface area is 145 Å². The summed E-state index contributed by atoms with van der Waals surface area (Å²) in [5.74, 6) is -0.164.